The summed E-state index contributed by atoms with van der Waals surface area (Å²) >= 11 is 3.51. The Morgan fingerprint density at radius 2 is 1.73 bits per heavy atom. The van der Waals surface area contributed by atoms with Crippen LogP contribution in [0.2, 0.25) is 0 Å². The quantitative estimate of drug-likeness (QED) is 0.176. The van der Waals surface area contributed by atoms with Gasteiger partial charge in [-0.3, -0.25) is 9.10 Å². The van der Waals surface area contributed by atoms with Crippen LogP contribution in [0.5, 0.6) is 5.75 Å². The highest BCUT2D eigenvalue weighted by atomic mass is 79.9. The van der Waals surface area contributed by atoms with Crippen LogP contribution in [0.1, 0.15) is 29.4 Å². The number of anilines is 1. The topological polar surface area (TPSA) is 93.0 Å². The average molecular weight is 624 g/mol. The van der Waals surface area contributed by atoms with Crippen LogP contribution >= 0.6 is 15.9 Å². The number of aryl methyl sites for hydroxylation is 2. The maximum atomic E-state index is 13.6. The molecule has 0 atom stereocenters. The molecule has 0 bridgehead atoms. The Balaban J connectivity index is 1.56. The van der Waals surface area contributed by atoms with Crippen LogP contribution in [-0.4, -0.2) is 38.3 Å². The molecule has 208 valence electrons. The molecule has 1 amide bonds. The lowest BCUT2D eigenvalue weighted by Crippen LogP contribution is -2.39. The summed E-state index contributed by atoms with van der Waals surface area (Å²) in [5.74, 6) is 0.0232. The van der Waals surface area contributed by atoms with Gasteiger partial charge in [0, 0.05) is 27.1 Å². The fraction of sp³-hybridized carbons (Fsp3) is 0.200. The first-order chi connectivity index (χ1) is 19.1. The number of rotatable bonds is 10. The van der Waals surface area contributed by atoms with Crippen molar-refractivity contribution in [3.05, 3.63) is 106 Å². The lowest BCUT2D eigenvalue weighted by Gasteiger charge is -2.24. The molecular formula is C30H31BrN4O4S. The van der Waals surface area contributed by atoms with Crippen molar-refractivity contribution in [2.75, 3.05) is 17.5 Å². The molecule has 0 saturated heterocycles. The molecule has 4 rings (SSSR count). The average Bonchev–Trinajstić information content (AvgIpc) is 3.20. The van der Waals surface area contributed by atoms with E-state index in [1.165, 1.54) is 12.1 Å². The maximum absolute atomic E-state index is 13.6. The Bertz CT molecular complexity index is 1630. The van der Waals surface area contributed by atoms with Crippen LogP contribution in [0.15, 0.2) is 93.3 Å². The van der Waals surface area contributed by atoms with E-state index in [0.717, 1.165) is 37.0 Å². The van der Waals surface area contributed by atoms with E-state index in [2.05, 4.69) is 31.0 Å². The normalized spacial score (nSPS) is 11.5. The summed E-state index contributed by atoms with van der Waals surface area (Å²) in [6, 6.07) is 23.0. The number of carbonyl (C=O) groups is 1. The van der Waals surface area contributed by atoms with Gasteiger partial charge in [-0.05, 0) is 88.4 Å². The van der Waals surface area contributed by atoms with Crippen LogP contribution < -0.4 is 14.5 Å². The van der Waals surface area contributed by atoms with Gasteiger partial charge in [-0.1, -0.05) is 39.7 Å². The first kappa shape index (κ1) is 29.1. The van der Waals surface area contributed by atoms with E-state index >= 15 is 0 Å². The number of hydrogen-bond acceptors (Lipinski definition) is 5. The standard InChI is InChI=1S/C30H31BrN4O4S/c1-5-39-28-13-11-26(12-14-28)34(40(37,38)29-15-9-21(2)10-16-29)20-30(36)33-32-19-24-17-22(3)35(23(24)4)27-8-6-7-25(31)18-27/h6-19H,5,20H2,1-4H3,(H,33,36)/b32-19-. The first-order valence-electron chi connectivity index (χ1n) is 12.7. The molecule has 40 heavy (non-hydrogen) atoms. The Labute approximate surface area is 243 Å². The predicted molar refractivity (Wildman–Crippen MR) is 162 cm³/mol. The van der Waals surface area contributed by atoms with Crippen LogP contribution in [0.25, 0.3) is 5.69 Å². The highest BCUT2D eigenvalue weighted by molar-refractivity contribution is 9.10. The van der Waals surface area contributed by atoms with Crippen molar-refractivity contribution in [3.8, 4) is 11.4 Å². The lowest BCUT2D eigenvalue weighted by molar-refractivity contribution is -0.119. The number of carbonyl (C=O) groups excluding carboxylic acids is 1. The number of ether oxygens (including phenoxy) is 1. The van der Waals surface area contributed by atoms with E-state index in [0.29, 0.717) is 18.0 Å². The lowest BCUT2D eigenvalue weighted by atomic mass is 10.2. The Kier molecular flexibility index (Phi) is 9.11. The fourth-order valence-electron chi connectivity index (χ4n) is 4.30. The van der Waals surface area contributed by atoms with Gasteiger partial charge >= 0.3 is 0 Å². The molecule has 0 fully saturated rings. The van der Waals surface area contributed by atoms with Gasteiger partial charge < -0.3 is 9.30 Å². The molecule has 1 aromatic heterocycles. The molecule has 0 saturated carbocycles. The van der Waals surface area contributed by atoms with Crippen molar-refractivity contribution < 1.29 is 17.9 Å². The number of hydrogen-bond donors (Lipinski definition) is 1. The van der Waals surface area contributed by atoms with E-state index in [9.17, 15) is 13.2 Å². The minimum atomic E-state index is -4.04. The van der Waals surface area contributed by atoms with Crippen molar-refractivity contribution in [2.24, 2.45) is 5.10 Å². The molecule has 1 N–H and O–H groups in total. The van der Waals surface area contributed by atoms with Crippen LogP contribution in [0, 0.1) is 20.8 Å². The zero-order valence-electron chi connectivity index (χ0n) is 22.8. The van der Waals surface area contributed by atoms with E-state index in [1.807, 2.05) is 58.0 Å². The molecule has 0 aliphatic rings. The SMILES string of the molecule is CCOc1ccc(N(CC(=O)N/N=C\c2cc(C)n(-c3cccc(Br)c3)c2C)S(=O)(=O)c2ccc(C)cc2)cc1. The van der Waals surface area contributed by atoms with E-state index in [-0.39, 0.29) is 4.90 Å². The van der Waals surface area contributed by atoms with Crippen molar-refractivity contribution >= 4 is 43.8 Å². The number of halogens is 1. The second-order valence-electron chi connectivity index (χ2n) is 9.19. The second kappa shape index (κ2) is 12.5. The van der Waals surface area contributed by atoms with Gasteiger partial charge in [0.25, 0.3) is 15.9 Å². The molecule has 1 heterocycles. The molecule has 0 aliphatic heterocycles. The maximum Gasteiger partial charge on any atom is 0.264 e. The summed E-state index contributed by atoms with van der Waals surface area (Å²) < 4.78 is 36.8. The summed E-state index contributed by atoms with van der Waals surface area (Å²) in [4.78, 5) is 13.1. The molecule has 4 aromatic rings. The second-order valence-corrected chi connectivity index (χ2v) is 12.0. The number of hydrazone groups is 1. The number of nitrogens with zero attached hydrogens (tertiary/aromatic N) is 3. The highest BCUT2D eigenvalue weighted by Crippen LogP contribution is 2.26. The van der Waals surface area contributed by atoms with Crippen LogP contribution in [-0.2, 0) is 14.8 Å². The van der Waals surface area contributed by atoms with Crippen LogP contribution in [0.4, 0.5) is 5.69 Å². The van der Waals surface area contributed by atoms with Gasteiger partial charge in [0.15, 0.2) is 0 Å². The summed E-state index contributed by atoms with van der Waals surface area (Å²) in [5.41, 5.74) is 7.53. The minimum Gasteiger partial charge on any atom is -0.494 e. The number of benzene rings is 3. The van der Waals surface area contributed by atoms with Gasteiger partial charge in [-0.25, -0.2) is 13.8 Å². The van der Waals surface area contributed by atoms with Crippen molar-refractivity contribution in [3.63, 3.8) is 0 Å². The summed E-state index contributed by atoms with van der Waals surface area (Å²) in [5, 5.41) is 4.13. The van der Waals surface area contributed by atoms with Crippen molar-refractivity contribution in [2.45, 2.75) is 32.6 Å². The van der Waals surface area contributed by atoms with Gasteiger partial charge in [0.1, 0.15) is 12.3 Å². The molecule has 3 aromatic carbocycles. The zero-order valence-corrected chi connectivity index (χ0v) is 25.2. The van der Waals surface area contributed by atoms with Gasteiger partial charge in [-0.2, -0.15) is 5.10 Å². The van der Waals surface area contributed by atoms with Gasteiger partial charge in [0.2, 0.25) is 0 Å². The largest absolute Gasteiger partial charge is 0.494 e. The fourth-order valence-corrected chi connectivity index (χ4v) is 6.11. The summed E-state index contributed by atoms with van der Waals surface area (Å²) in [6.07, 6.45) is 1.56. The van der Waals surface area contributed by atoms with Crippen molar-refractivity contribution in [1.82, 2.24) is 9.99 Å². The Morgan fingerprint density at radius 1 is 1.02 bits per heavy atom. The van der Waals surface area contributed by atoms with Gasteiger partial charge in [0.05, 0.1) is 23.4 Å². The molecule has 0 aliphatic carbocycles. The van der Waals surface area contributed by atoms with E-state index in [4.69, 9.17) is 4.74 Å². The minimum absolute atomic E-state index is 0.0864. The third kappa shape index (κ3) is 6.63. The van der Waals surface area contributed by atoms with Gasteiger partial charge in [-0.15, -0.1) is 0 Å². The number of aromatic nitrogens is 1. The molecule has 8 nitrogen and oxygen atoms in total. The molecule has 0 unspecified atom stereocenters. The Morgan fingerprint density at radius 3 is 2.38 bits per heavy atom. The number of amides is 1. The summed E-state index contributed by atoms with van der Waals surface area (Å²) in [6.45, 7) is 7.73. The molecule has 10 heteroatoms. The summed E-state index contributed by atoms with van der Waals surface area (Å²) in [7, 11) is -4.04. The molecule has 0 radical (unpaired) electrons. The third-order valence-electron chi connectivity index (χ3n) is 6.26. The Hall–Kier alpha value is -3.89. The molecule has 0 spiro atoms. The number of sulfonamides is 1. The smallest absolute Gasteiger partial charge is 0.264 e. The van der Waals surface area contributed by atoms with E-state index in [1.54, 1.807) is 42.6 Å². The van der Waals surface area contributed by atoms with E-state index < -0.39 is 22.5 Å². The first-order valence-corrected chi connectivity index (χ1v) is 14.9. The highest BCUT2D eigenvalue weighted by Gasteiger charge is 2.27. The third-order valence-corrected chi connectivity index (χ3v) is 8.54. The molecular weight excluding hydrogens is 592 g/mol. The van der Waals surface area contributed by atoms with Crippen LogP contribution in [0.3, 0.4) is 0 Å². The van der Waals surface area contributed by atoms with Crippen molar-refractivity contribution in [1.29, 1.82) is 0 Å². The predicted octanol–water partition coefficient (Wildman–Crippen LogP) is 5.91. The monoisotopic (exact) mass is 622 g/mol. The zero-order chi connectivity index (χ0) is 28.9. The number of nitrogens with one attached hydrogen (secondary N) is 1.